The quantitative estimate of drug-likeness (QED) is 0.0532. The van der Waals surface area contributed by atoms with Crippen LogP contribution in [0.2, 0.25) is 0 Å². The second-order valence-electron chi connectivity index (χ2n) is 34.2. The van der Waals surface area contributed by atoms with Crippen molar-refractivity contribution < 1.29 is 73.7 Å². The summed E-state index contributed by atoms with van der Waals surface area (Å²) < 4.78 is 11.3. The topological polar surface area (TPSA) is 131 Å². The largest absolute Gasteiger partial charge is 0.515 e. The Labute approximate surface area is 658 Å². The summed E-state index contributed by atoms with van der Waals surface area (Å²) in [4.78, 5) is 0. The molecule has 1 saturated heterocycles. The van der Waals surface area contributed by atoms with E-state index in [1.54, 1.807) is 41.5 Å². The van der Waals surface area contributed by atoms with Crippen LogP contribution in [-0.2, 0) is 64.7 Å². The SMILES string of the molecule is C1CCOC1.C=C.CC(C)(C)O.CC(C)(C)O.CC(C)(C)[C]#[W+].CC(C)(C)[C]#[W].CC(C)(C)c1cccc(-c2[c-]c(-c3cccc(C(C)(C)C)c3O)ccc2)c1O.CC(C)(C)c1cccc(-c2cccc(-c3cccc(C(C)(C)C)c3O)c2)c1O.C[P+](c1ccccc1)(c1ccccc1)c1ccccc1. The van der Waals surface area contributed by atoms with E-state index in [2.05, 4.69) is 250 Å². The van der Waals surface area contributed by atoms with Gasteiger partial charge in [-0.3, -0.25) is 0 Å². The zero-order chi connectivity index (χ0) is 80.2. The third-order valence-electron chi connectivity index (χ3n) is 15.5. The summed E-state index contributed by atoms with van der Waals surface area (Å²) in [6.45, 7) is 58.9. The molecule has 0 bridgehead atoms. The first-order chi connectivity index (χ1) is 48.4. The monoisotopic (exact) mass is 1780 g/mol. The summed E-state index contributed by atoms with van der Waals surface area (Å²) >= 11 is 2.88. The summed E-state index contributed by atoms with van der Waals surface area (Å²) in [5.74, 6) is 1.21. The average Bonchev–Trinajstić information content (AvgIpc) is 1.08. The van der Waals surface area contributed by atoms with Crippen LogP contribution >= 0.6 is 7.26 Å². The molecule has 10 heteroatoms. The van der Waals surface area contributed by atoms with Gasteiger partial charge in [-0.1, -0.05) is 229 Å². The molecule has 6 N–H and O–H groups in total. The van der Waals surface area contributed by atoms with Crippen molar-refractivity contribution >= 4 is 23.2 Å². The number of benzene rings is 9. The Bertz CT molecular complexity index is 3670. The maximum Gasteiger partial charge on any atom is 0.127 e. The number of rotatable bonds is 7. The van der Waals surface area contributed by atoms with Crippen LogP contribution in [0.15, 0.2) is 219 Å². The molecular formula is C95H127O7PW2+. The maximum atomic E-state index is 10.9. The molecule has 1 fully saturated rings. The fourth-order valence-electron chi connectivity index (χ4n) is 10.3. The number of ether oxygens (including phenoxy) is 1. The van der Waals surface area contributed by atoms with Crippen molar-refractivity contribution in [3.8, 4) is 75.9 Å². The van der Waals surface area contributed by atoms with Crippen LogP contribution < -0.4 is 15.9 Å². The first-order valence-corrected chi connectivity index (χ1v) is 41.4. The predicted octanol–water partition coefficient (Wildman–Crippen LogP) is 23.7. The van der Waals surface area contributed by atoms with Crippen LogP contribution in [-0.4, -0.2) is 61.7 Å². The molecule has 105 heavy (non-hydrogen) atoms. The third kappa shape index (κ3) is 33.5. The van der Waals surface area contributed by atoms with Gasteiger partial charge in [0.15, 0.2) is 0 Å². The molecule has 1 heterocycles. The second-order valence-corrected chi connectivity index (χ2v) is 39.3. The Morgan fingerprint density at radius 2 is 0.600 bits per heavy atom. The van der Waals surface area contributed by atoms with Crippen LogP contribution in [0.5, 0.6) is 23.0 Å². The van der Waals surface area contributed by atoms with E-state index in [1.165, 1.54) is 67.1 Å². The molecule has 0 radical (unpaired) electrons. The Balaban J connectivity index is 0.000000452. The van der Waals surface area contributed by atoms with Crippen LogP contribution in [0.25, 0.3) is 44.5 Å². The van der Waals surface area contributed by atoms with E-state index in [-0.39, 0.29) is 33.2 Å². The minimum absolute atomic E-state index is 0.142. The molecule has 9 aromatic carbocycles. The van der Waals surface area contributed by atoms with Crippen molar-refractivity contribution in [3.63, 3.8) is 0 Å². The van der Waals surface area contributed by atoms with Crippen LogP contribution in [0.1, 0.15) is 201 Å². The van der Waals surface area contributed by atoms with Crippen LogP contribution in [0, 0.1) is 25.3 Å². The van der Waals surface area contributed by atoms with Crippen molar-refractivity contribution in [1.29, 1.82) is 0 Å². The fourth-order valence-corrected chi connectivity index (χ4v) is 13.5. The Hall–Kier alpha value is -6.83. The van der Waals surface area contributed by atoms with Crippen LogP contribution in [0.4, 0.5) is 0 Å². The standard InChI is InChI=1S/C26H30O2.C26H29O2.C19H18P.2C5H9.C4H8O.2C4H10O.C2H4.2W/c2*1-25(2,3)21-14-8-12-19(23(21)27)17-10-7-11-18(16-17)20-13-9-15-22(24(20)28)26(4,5)6;1-20(17-11-5-2-6-12-17,18-13-7-3-8-14-18)19-15-9-4-10-16-19;2*1-5(2,3)4;1-2-4-5-3-1;2*1-4(2,3)5;1-2;;/h7-16,27-28H,1-6H3;7-15,27-28H,1-6H3;2-16H,1H3;2*1-3H3;1-4H2;2*5H,1-3H3;1-2H2;;/q;-1;+1;;;;;;;;+1. The van der Waals surface area contributed by atoms with Crippen LogP contribution in [0.3, 0.4) is 0 Å². The molecule has 0 spiro atoms. The molecule has 7 nitrogen and oxygen atoms in total. The molecule has 10 rings (SSSR count). The van der Waals surface area contributed by atoms with E-state index in [0.717, 1.165) is 80.0 Å². The van der Waals surface area contributed by atoms with E-state index in [1.807, 2.05) is 115 Å². The van der Waals surface area contributed by atoms with E-state index in [9.17, 15) is 20.4 Å². The third-order valence-corrected chi connectivity index (χ3v) is 23.9. The molecule has 0 unspecified atom stereocenters. The summed E-state index contributed by atoms with van der Waals surface area (Å²) in [5, 5.41) is 64.9. The molecule has 9 aromatic rings. The Kier molecular flexibility index (Phi) is 37.8. The molecule has 0 aromatic heterocycles. The summed E-state index contributed by atoms with van der Waals surface area (Å²) in [5.41, 5.74) is 9.31. The minimum Gasteiger partial charge on any atom is -0.515 e. The molecule has 565 valence electrons. The van der Waals surface area contributed by atoms with Crippen molar-refractivity contribution in [3.05, 3.63) is 248 Å². The zero-order valence-electron chi connectivity index (χ0n) is 68.2. The van der Waals surface area contributed by atoms with E-state index in [4.69, 9.17) is 14.9 Å². The number of phenolic OH excluding ortho intramolecular Hbond substituents is 4. The average molecular weight is 1780 g/mol. The number of aromatic hydroxyl groups is 4. The number of phenols is 4. The predicted molar refractivity (Wildman–Crippen MR) is 448 cm³/mol. The number of aliphatic hydroxyl groups is 2. The van der Waals surface area contributed by atoms with Crippen molar-refractivity contribution in [1.82, 2.24) is 0 Å². The van der Waals surface area contributed by atoms with Gasteiger partial charge in [0.2, 0.25) is 0 Å². The van der Waals surface area contributed by atoms with E-state index < -0.39 is 18.5 Å². The molecule has 0 amide bonds. The van der Waals surface area contributed by atoms with E-state index >= 15 is 0 Å². The maximum absolute atomic E-state index is 10.9. The van der Waals surface area contributed by atoms with Gasteiger partial charge < -0.3 is 35.4 Å². The first-order valence-electron chi connectivity index (χ1n) is 36.2. The normalized spacial score (nSPS) is 12.2. The number of para-hydroxylation sites is 4. The molecule has 1 aliphatic rings. The Morgan fingerprint density at radius 3 is 0.819 bits per heavy atom. The van der Waals surface area contributed by atoms with Gasteiger partial charge in [0.1, 0.15) is 34.7 Å². The molecule has 1 aliphatic heterocycles. The minimum atomic E-state index is -1.53. The van der Waals surface area contributed by atoms with Gasteiger partial charge in [0, 0.05) is 24.3 Å². The van der Waals surface area contributed by atoms with E-state index in [0.29, 0.717) is 22.3 Å². The van der Waals surface area contributed by atoms with Gasteiger partial charge in [-0.05, 0) is 163 Å². The van der Waals surface area contributed by atoms with Gasteiger partial charge >= 0.3 is 99.1 Å². The van der Waals surface area contributed by atoms with Crippen molar-refractivity contribution in [2.45, 2.75) is 212 Å². The van der Waals surface area contributed by atoms with Gasteiger partial charge in [-0.25, -0.2) is 0 Å². The molecular weight excluding hydrogens is 1650 g/mol. The number of hydrogen-bond acceptors (Lipinski definition) is 7. The number of hydrogen-bond donors (Lipinski definition) is 6. The molecule has 0 atom stereocenters. The fraction of sp³-hybridized carbons (Fsp3) is 0.389. The first kappa shape index (κ1) is 94.2. The van der Waals surface area contributed by atoms with Gasteiger partial charge in [0.05, 0.1) is 29.4 Å². The smallest absolute Gasteiger partial charge is 0.127 e. The van der Waals surface area contributed by atoms with Crippen molar-refractivity contribution in [2.24, 2.45) is 10.8 Å². The zero-order valence-corrected chi connectivity index (χ0v) is 75.0. The Morgan fingerprint density at radius 1 is 0.371 bits per heavy atom. The summed E-state index contributed by atoms with van der Waals surface area (Å²) in [7, 11) is -1.53. The molecule has 0 saturated carbocycles. The van der Waals surface area contributed by atoms with Gasteiger partial charge in [0.25, 0.3) is 0 Å². The summed E-state index contributed by atoms with van der Waals surface area (Å²) in [6, 6.07) is 73.3. The second kappa shape index (κ2) is 42.1. The molecule has 0 aliphatic carbocycles. The summed E-state index contributed by atoms with van der Waals surface area (Å²) in [6.07, 6.45) is 2.56. The van der Waals surface area contributed by atoms with Gasteiger partial charge in [-0.2, -0.15) is 0 Å². The van der Waals surface area contributed by atoms with Gasteiger partial charge in [-0.15, -0.1) is 48.6 Å². The van der Waals surface area contributed by atoms with Crippen molar-refractivity contribution in [2.75, 3.05) is 19.9 Å².